The van der Waals surface area contributed by atoms with Crippen LogP contribution in [0, 0.1) is 0 Å². The van der Waals surface area contributed by atoms with Crippen molar-refractivity contribution in [1.82, 2.24) is 9.62 Å². The maximum Gasteiger partial charge on any atom is 0.223 e. The second kappa shape index (κ2) is 7.99. The minimum absolute atomic E-state index is 0.0494. The van der Waals surface area contributed by atoms with Crippen LogP contribution in [0.4, 0.5) is 5.69 Å². The number of hydrogen-bond acceptors (Lipinski definition) is 4. The van der Waals surface area contributed by atoms with E-state index in [0.717, 1.165) is 0 Å². The van der Waals surface area contributed by atoms with Gasteiger partial charge in [0.05, 0.1) is 5.75 Å². The molecule has 0 aromatic heterocycles. The third-order valence-electron chi connectivity index (χ3n) is 3.08. The normalized spacial score (nSPS) is 11.3. The Kier molecular flexibility index (Phi) is 6.64. The summed E-state index contributed by atoms with van der Waals surface area (Å²) in [6, 6.07) is 6.74. The number of rotatable bonds is 8. The molecular weight excluding hydrogens is 290 g/mol. The monoisotopic (exact) mass is 313 g/mol. The Morgan fingerprint density at radius 2 is 1.95 bits per heavy atom. The van der Waals surface area contributed by atoms with E-state index in [-0.39, 0.29) is 24.6 Å². The number of benzene rings is 1. The molecule has 7 heteroatoms. The molecule has 0 unspecified atom stereocenters. The molecule has 118 valence electrons. The number of nitrogens with two attached hydrogens (primary N) is 1. The largest absolute Gasteiger partial charge is 0.399 e. The molecule has 0 fully saturated rings. The molecule has 1 aromatic rings. The van der Waals surface area contributed by atoms with E-state index in [2.05, 4.69) is 4.72 Å². The number of nitrogen functional groups attached to an aromatic ring is 1. The average molecular weight is 313 g/mol. The summed E-state index contributed by atoms with van der Waals surface area (Å²) in [7, 11) is -3.46. The van der Waals surface area contributed by atoms with Crippen molar-refractivity contribution in [3.63, 3.8) is 0 Å². The summed E-state index contributed by atoms with van der Waals surface area (Å²) in [4.78, 5) is 13.4. The fourth-order valence-electron chi connectivity index (χ4n) is 2.00. The first-order chi connectivity index (χ1) is 9.88. The van der Waals surface area contributed by atoms with Crippen LogP contribution >= 0.6 is 0 Å². The van der Waals surface area contributed by atoms with E-state index in [1.54, 1.807) is 29.2 Å². The van der Waals surface area contributed by atoms with Gasteiger partial charge >= 0.3 is 0 Å². The van der Waals surface area contributed by atoms with Crippen molar-refractivity contribution in [1.29, 1.82) is 0 Å². The van der Waals surface area contributed by atoms with Crippen LogP contribution in [-0.2, 0) is 20.6 Å². The number of hydrogen-bond donors (Lipinski definition) is 2. The smallest absolute Gasteiger partial charge is 0.223 e. The van der Waals surface area contributed by atoms with E-state index in [4.69, 9.17) is 5.73 Å². The van der Waals surface area contributed by atoms with Crippen molar-refractivity contribution in [3.8, 4) is 0 Å². The van der Waals surface area contributed by atoms with Crippen molar-refractivity contribution in [2.45, 2.75) is 26.0 Å². The molecule has 1 amide bonds. The quantitative estimate of drug-likeness (QED) is 0.699. The third-order valence-corrected chi connectivity index (χ3v) is 4.44. The van der Waals surface area contributed by atoms with Crippen LogP contribution in [0.2, 0.25) is 0 Å². The fraction of sp³-hybridized carbons (Fsp3) is 0.500. The highest BCUT2D eigenvalue weighted by Gasteiger charge is 2.14. The number of nitrogens with zero attached hydrogens (tertiary/aromatic N) is 1. The topological polar surface area (TPSA) is 92.5 Å². The third kappa shape index (κ3) is 6.14. The molecule has 0 saturated heterocycles. The lowest BCUT2D eigenvalue weighted by atomic mass is 10.2. The predicted octanol–water partition coefficient (Wildman–Crippen LogP) is 0.947. The molecule has 0 aliphatic carbocycles. The van der Waals surface area contributed by atoms with Crippen molar-refractivity contribution < 1.29 is 13.2 Å². The van der Waals surface area contributed by atoms with Crippen LogP contribution in [0.1, 0.15) is 25.8 Å². The molecule has 0 heterocycles. The second-order valence-corrected chi connectivity index (χ2v) is 6.52. The van der Waals surface area contributed by atoms with Gasteiger partial charge in [-0.1, -0.05) is 12.1 Å². The Morgan fingerprint density at radius 1 is 1.29 bits per heavy atom. The molecule has 0 bridgehead atoms. The predicted molar refractivity (Wildman–Crippen MR) is 84.0 cm³/mol. The summed E-state index contributed by atoms with van der Waals surface area (Å²) < 4.78 is 26.3. The van der Waals surface area contributed by atoms with Crippen LogP contribution in [0.25, 0.3) is 0 Å². The van der Waals surface area contributed by atoms with Crippen molar-refractivity contribution in [2.24, 2.45) is 0 Å². The molecule has 1 rings (SSSR count). The minimum Gasteiger partial charge on any atom is -0.399 e. The molecule has 0 spiro atoms. The van der Waals surface area contributed by atoms with Gasteiger partial charge in [0.2, 0.25) is 15.9 Å². The van der Waals surface area contributed by atoms with Gasteiger partial charge in [0, 0.05) is 31.7 Å². The van der Waals surface area contributed by atoms with Gasteiger partial charge in [-0.2, -0.15) is 0 Å². The van der Waals surface area contributed by atoms with Crippen LogP contribution < -0.4 is 10.5 Å². The van der Waals surface area contributed by atoms with Crippen molar-refractivity contribution in [2.75, 3.05) is 25.4 Å². The molecule has 0 atom stereocenters. The number of carbonyl (C=O) groups excluding carboxylic acids is 1. The Labute approximate surface area is 126 Å². The molecule has 0 radical (unpaired) electrons. The SMILES string of the molecule is CCN(CC)C(=O)CCNS(=O)(=O)Cc1cccc(N)c1. The van der Waals surface area contributed by atoms with Crippen molar-refractivity contribution in [3.05, 3.63) is 29.8 Å². The summed E-state index contributed by atoms with van der Waals surface area (Å²) in [6.45, 7) is 5.16. The van der Waals surface area contributed by atoms with E-state index < -0.39 is 10.0 Å². The van der Waals surface area contributed by atoms with E-state index in [1.807, 2.05) is 13.8 Å². The molecule has 3 N–H and O–H groups in total. The number of amides is 1. The number of anilines is 1. The fourth-order valence-corrected chi connectivity index (χ4v) is 3.13. The Bertz CT molecular complexity index is 569. The first kappa shape index (κ1) is 17.5. The lowest BCUT2D eigenvalue weighted by Gasteiger charge is -2.18. The lowest BCUT2D eigenvalue weighted by molar-refractivity contribution is -0.130. The maximum atomic E-state index is 11.9. The number of sulfonamides is 1. The van der Waals surface area contributed by atoms with Gasteiger partial charge in [0.25, 0.3) is 0 Å². The van der Waals surface area contributed by atoms with Gasteiger partial charge in [-0.15, -0.1) is 0 Å². The van der Waals surface area contributed by atoms with Gasteiger partial charge in [-0.25, -0.2) is 13.1 Å². The zero-order chi connectivity index (χ0) is 15.9. The van der Waals surface area contributed by atoms with Crippen LogP contribution in [0.5, 0.6) is 0 Å². The molecule has 1 aromatic carbocycles. The highest BCUT2D eigenvalue weighted by molar-refractivity contribution is 7.88. The van der Waals surface area contributed by atoms with Gasteiger partial charge in [-0.05, 0) is 31.5 Å². The second-order valence-electron chi connectivity index (χ2n) is 4.71. The number of carbonyl (C=O) groups is 1. The van der Waals surface area contributed by atoms with E-state index in [9.17, 15) is 13.2 Å². The highest BCUT2D eigenvalue weighted by Crippen LogP contribution is 2.09. The molecule has 0 saturated carbocycles. The summed E-state index contributed by atoms with van der Waals surface area (Å²) in [6.07, 6.45) is 0.165. The maximum absolute atomic E-state index is 11.9. The summed E-state index contributed by atoms with van der Waals surface area (Å²) in [5, 5.41) is 0. The number of nitrogens with one attached hydrogen (secondary N) is 1. The van der Waals surface area contributed by atoms with Gasteiger partial charge in [0.1, 0.15) is 0 Å². The minimum atomic E-state index is -3.46. The zero-order valence-electron chi connectivity index (χ0n) is 12.5. The van der Waals surface area contributed by atoms with Crippen molar-refractivity contribution >= 4 is 21.6 Å². The lowest BCUT2D eigenvalue weighted by Crippen LogP contribution is -2.34. The van der Waals surface area contributed by atoms with Crippen LogP contribution in [0.15, 0.2) is 24.3 Å². The molecule has 0 aliphatic rings. The van der Waals surface area contributed by atoms with Gasteiger partial charge in [0.15, 0.2) is 0 Å². The van der Waals surface area contributed by atoms with E-state index in [1.165, 1.54) is 0 Å². The molecule has 6 nitrogen and oxygen atoms in total. The highest BCUT2D eigenvalue weighted by atomic mass is 32.2. The summed E-state index contributed by atoms with van der Waals surface area (Å²) in [5.74, 6) is -0.191. The Balaban J connectivity index is 2.48. The molecule has 21 heavy (non-hydrogen) atoms. The van der Waals surface area contributed by atoms with Crippen LogP contribution in [-0.4, -0.2) is 38.9 Å². The van der Waals surface area contributed by atoms with E-state index in [0.29, 0.717) is 24.3 Å². The van der Waals surface area contributed by atoms with Crippen LogP contribution in [0.3, 0.4) is 0 Å². The summed E-state index contributed by atoms with van der Waals surface area (Å²) in [5.41, 5.74) is 6.77. The zero-order valence-corrected chi connectivity index (χ0v) is 13.3. The molecular formula is C14H23N3O3S. The molecule has 0 aliphatic heterocycles. The van der Waals surface area contributed by atoms with Gasteiger partial charge < -0.3 is 10.6 Å². The van der Waals surface area contributed by atoms with Gasteiger partial charge in [-0.3, -0.25) is 4.79 Å². The Morgan fingerprint density at radius 3 is 2.52 bits per heavy atom. The average Bonchev–Trinajstić information content (AvgIpc) is 2.39. The Hall–Kier alpha value is -1.60. The standard InChI is InChI=1S/C14H23N3O3S/c1-3-17(4-2)14(18)8-9-16-21(19,20)11-12-6-5-7-13(15)10-12/h5-7,10,16H,3-4,8-9,11,15H2,1-2H3. The summed E-state index contributed by atoms with van der Waals surface area (Å²) >= 11 is 0. The first-order valence-corrected chi connectivity index (χ1v) is 8.62. The van der Waals surface area contributed by atoms with E-state index >= 15 is 0 Å². The first-order valence-electron chi connectivity index (χ1n) is 6.97.